The predicted octanol–water partition coefficient (Wildman–Crippen LogP) is 0.675. The van der Waals surface area contributed by atoms with E-state index >= 15 is 0 Å². The number of carbonyl (C=O) groups excluding carboxylic acids is 2. The molecule has 1 fully saturated rings. The van der Waals surface area contributed by atoms with Crippen molar-refractivity contribution in [2.45, 2.75) is 0 Å². The van der Waals surface area contributed by atoms with Gasteiger partial charge in [-0.15, -0.1) is 0 Å². The summed E-state index contributed by atoms with van der Waals surface area (Å²) in [6.07, 6.45) is 0. The monoisotopic (exact) mass is 233 g/mol. The molecule has 1 N–H and O–H groups in total. The Hall–Kier alpha value is -2.04. The molecule has 0 bridgehead atoms. The van der Waals surface area contributed by atoms with Crippen LogP contribution < -0.4 is 10.2 Å². The van der Waals surface area contributed by atoms with Crippen molar-refractivity contribution < 1.29 is 9.59 Å². The Morgan fingerprint density at radius 2 is 2.00 bits per heavy atom. The molecule has 5 nitrogen and oxygen atoms in total. The SMILES string of the molecule is CNC(=O)CN1CCN(c2ccccc2)C1=O. The van der Waals surface area contributed by atoms with Gasteiger partial charge in [0.25, 0.3) is 0 Å². The lowest BCUT2D eigenvalue weighted by Crippen LogP contribution is -2.38. The first kappa shape index (κ1) is 11.4. The van der Waals surface area contributed by atoms with Crippen LogP contribution in [0.2, 0.25) is 0 Å². The van der Waals surface area contributed by atoms with Gasteiger partial charge in [0.15, 0.2) is 0 Å². The van der Waals surface area contributed by atoms with Gasteiger partial charge in [0.1, 0.15) is 6.54 Å². The molecular weight excluding hydrogens is 218 g/mol. The molecule has 1 aromatic carbocycles. The normalized spacial score (nSPS) is 15.2. The van der Waals surface area contributed by atoms with Crippen LogP contribution >= 0.6 is 0 Å². The number of rotatable bonds is 3. The Balaban J connectivity index is 2.05. The minimum atomic E-state index is -0.145. The number of para-hydroxylation sites is 1. The van der Waals surface area contributed by atoms with Gasteiger partial charge in [-0.05, 0) is 12.1 Å². The van der Waals surface area contributed by atoms with Crippen molar-refractivity contribution in [3.05, 3.63) is 30.3 Å². The Morgan fingerprint density at radius 3 is 2.65 bits per heavy atom. The minimum Gasteiger partial charge on any atom is -0.358 e. The van der Waals surface area contributed by atoms with Crippen LogP contribution in [-0.4, -0.2) is 43.5 Å². The van der Waals surface area contributed by atoms with Gasteiger partial charge in [0.2, 0.25) is 5.91 Å². The van der Waals surface area contributed by atoms with Gasteiger partial charge >= 0.3 is 6.03 Å². The molecule has 1 heterocycles. The molecule has 1 saturated heterocycles. The van der Waals surface area contributed by atoms with E-state index in [1.807, 2.05) is 30.3 Å². The van der Waals surface area contributed by atoms with Gasteiger partial charge in [0.05, 0.1) is 0 Å². The lowest BCUT2D eigenvalue weighted by atomic mass is 10.3. The fraction of sp³-hybridized carbons (Fsp3) is 0.333. The molecule has 0 aliphatic carbocycles. The molecule has 5 heteroatoms. The van der Waals surface area contributed by atoms with E-state index in [1.165, 1.54) is 0 Å². The summed E-state index contributed by atoms with van der Waals surface area (Å²) in [6.45, 7) is 1.33. The first-order chi connectivity index (χ1) is 8.22. The molecule has 0 spiro atoms. The Bertz CT molecular complexity index is 419. The molecule has 1 aliphatic rings. The van der Waals surface area contributed by atoms with Crippen molar-refractivity contribution in [2.75, 3.05) is 31.6 Å². The van der Waals surface area contributed by atoms with Gasteiger partial charge in [-0.25, -0.2) is 4.79 Å². The summed E-state index contributed by atoms with van der Waals surface area (Å²) in [4.78, 5) is 26.5. The highest BCUT2D eigenvalue weighted by Crippen LogP contribution is 2.19. The number of nitrogens with zero attached hydrogens (tertiary/aromatic N) is 2. The zero-order chi connectivity index (χ0) is 12.3. The molecule has 0 saturated carbocycles. The van der Waals surface area contributed by atoms with Crippen LogP contribution in [0.5, 0.6) is 0 Å². The number of anilines is 1. The lowest BCUT2D eigenvalue weighted by Gasteiger charge is -2.17. The third kappa shape index (κ3) is 2.38. The Labute approximate surface area is 100 Å². The number of amides is 3. The van der Waals surface area contributed by atoms with E-state index in [0.29, 0.717) is 13.1 Å². The largest absolute Gasteiger partial charge is 0.358 e. The molecule has 1 aliphatic heterocycles. The quantitative estimate of drug-likeness (QED) is 0.834. The second-order valence-corrected chi connectivity index (χ2v) is 3.86. The minimum absolute atomic E-state index is 0.111. The Morgan fingerprint density at radius 1 is 1.29 bits per heavy atom. The first-order valence-corrected chi connectivity index (χ1v) is 5.54. The maximum atomic E-state index is 12.0. The number of likely N-dealkylation sites (N-methyl/N-ethyl adjacent to an activating group) is 1. The van der Waals surface area contributed by atoms with E-state index in [-0.39, 0.29) is 18.5 Å². The summed E-state index contributed by atoms with van der Waals surface area (Å²) in [6, 6.07) is 9.36. The molecule has 0 atom stereocenters. The van der Waals surface area contributed by atoms with Crippen molar-refractivity contribution in [1.82, 2.24) is 10.2 Å². The van der Waals surface area contributed by atoms with E-state index < -0.39 is 0 Å². The van der Waals surface area contributed by atoms with Crippen LogP contribution in [0.4, 0.5) is 10.5 Å². The number of benzene rings is 1. The fourth-order valence-electron chi connectivity index (χ4n) is 1.83. The molecule has 2 rings (SSSR count). The highest BCUT2D eigenvalue weighted by molar-refractivity contribution is 5.96. The van der Waals surface area contributed by atoms with Crippen LogP contribution in [0, 0.1) is 0 Å². The topological polar surface area (TPSA) is 52.7 Å². The highest BCUT2D eigenvalue weighted by atomic mass is 16.2. The summed E-state index contributed by atoms with van der Waals surface area (Å²) < 4.78 is 0. The van der Waals surface area contributed by atoms with E-state index in [4.69, 9.17) is 0 Å². The van der Waals surface area contributed by atoms with Crippen molar-refractivity contribution >= 4 is 17.6 Å². The van der Waals surface area contributed by atoms with Crippen LogP contribution in [0.1, 0.15) is 0 Å². The maximum absolute atomic E-state index is 12.0. The molecule has 0 unspecified atom stereocenters. The molecule has 0 aromatic heterocycles. The standard InChI is InChI=1S/C12H15N3O2/c1-13-11(16)9-14-7-8-15(12(14)17)10-5-3-2-4-6-10/h2-6H,7-9H2,1H3,(H,13,16). The molecule has 17 heavy (non-hydrogen) atoms. The fourth-order valence-corrected chi connectivity index (χ4v) is 1.83. The molecule has 0 radical (unpaired) electrons. The van der Waals surface area contributed by atoms with Gasteiger partial charge in [-0.2, -0.15) is 0 Å². The second kappa shape index (κ2) is 4.86. The number of hydrogen-bond acceptors (Lipinski definition) is 2. The van der Waals surface area contributed by atoms with Crippen LogP contribution in [-0.2, 0) is 4.79 Å². The molecular formula is C12H15N3O2. The van der Waals surface area contributed by atoms with Crippen molar-refractivity contribution in [3.63, 3.8) is 0 Å². The van der Waals surface area contributed by atoms with Crippen molar-refractivity contribution in [1.29, 1.82) is 0 Å². The smallest absolute Gasteiger partial charge is 0.325 e. The van der Waals surface area contributed by atoms with Gasteiger partial charge in [-0.3, -0.25) is 9.69 Å². The van der Waals surface area contributed by atoms with E-state index in [0.717, 1.165) is 5.69 Å². The third-order valence-electron chi connectivity index (χ3n) is 2.78. The summed E-state index contributed by atoms with van der Waals surface area (Å²) in [5.41, 5.74) is 0.872. The molecule has 3 amide bonds. The molecule has 1 aromatic rings. The Kier molecular flexibility index (Phi) is 3.27. The molecule has 90 valence electrons. The summed E-state index contributed by atoms with van der Waals surface area (Å²) in [5, 5.41) is 2.52. The van der Waals surface area contributed by atoms with E-state index in [9.17, 15) is 9.59 Å². The average molecular weight is 233 g/mol. The van der Waals surface area contributed by atoms with Crippen molar-refractivity contribution in [3.8, 4) is 0 Å². The number of nitrogens with one attached hydrogen (secondary N) is 1. The summed E-state index contributed by atoms with van der Waals surface area (Å²) in [5.74, 6) is -0.145. The second-order valence-electron chi connectivity index (χ2n) is 3.86. The maximum Gasteiger partial charge on any atom is 0.325 e. The number of urea groups is 1. The predicted molar refractivity (Wildman–Crippen MR) is 64.8 cm³/mol. The van der Waals surface area contributed by atoms with Crippen molar-refractivity contribution in [2.24, 2.45) is 0 Å². The van der Waals surface area contributed by atoms with E-state index in [1.54, 1.807) is 16.8 Å². The first-order valence-electron chi connectivity index (χ1n) is 5.54. The van der Waals surface area contributed by atoms with Crippen LogP contribution in [0.25, 0.3) is 0 Å². The van der Waals surface area contributed by atoms with Crippen LogP contribution in [0.15, 0.2) is 30.3 Å². The summed E-state index contributed by atoms with van der Waals surface area (Å²) >= 11 is 0. The lowest BCUT2D eigenvalue weighted by molar-refractivity contribution is -0.121. The van der Waals surface area contributed by atoms with Gasteiger partial charge < -0.3 is 10.2 Å². The highest BCUT2D eigenvalue weighted by Gasteiger charge is 2.30. The summed E-state index contributed by atoms with van der Waals surface area (Å²) in [7, 11) is 1.57. The number of carbonyl (C=O) groups is 2. The van der Waals surface area contributed by atoms with Gasteiger partial charge in [0, 0.05) is 25.8 Å². The zero-order valence-corrected chi connectivity index (χ0v) is 9.72. The van der Waals surface area contributed by atoms with E-state index in [2.05, 4.69) is 5.32 Å². The van der Waals surface area contributed by atoms with Crippen LogP contribution in [0.3, 0.4) is 0 Å². The number of hydrogen-bond donors (Lipinski definition) is 1. The average Bonchev–Trinajstić information content (AvgIpc) is 2.72. The third-order valence-corrected chi connectivity index (χ3v) is 2.78. The van der Waals surface area contributed by atoms with Gasteiger partial charge in [-0.1, -0.05) is 18.2 Å². The zero-order valence-electron chi connectivity index (χ0n) is 9.72.